The second-order valence-corrected chi connectivity index (χ2v) is 2.37. The summed E-state index contributed by atoms with van der Waals surface area (Å²) in [7, 11) is 0. The van der Waals surface area contributed by atoms with Gasteiger partial charge in [-0.2, -0.15) is 5.57 Å². The Labute approximate surface area is 79.9 Å². The van der Waals surface area contributed by atoms with Crippen LogP contribution in [0.25, 0.3) is 5.57 Å². The number of hydrogen-bond acceptors (Lipinski definition) is 1. The molecule has 0 amide bonds. The summed E-state index contributed by atoms with van der Waals surface area (Å²) < 4.78 is 0. The van der Waals surface area contributed by atoms with E-state index in [2.05, 4.69) is 11.1 Å². The van der Waals surface area contributed by atoms with Gasteiger partial charge in [0.05, 0.1) is 0 Å². The fourth-order valence-electron chi connectivity index (χ4n) is 1.01. The van der Waals surface area contributed by atoms with Crippen molar-refractivity contribution >= 4 is 5.57 Å². The minimum absolute atomic E-state index is 0. The summed E-state index contributed by atoms with van der Waals surface area (Å²) in [6.45, 7) is 0. The van der Waals surface area contributed by atoms with Crippen LogP contribution < -0.4 is 0 Å². The van der Waals surface area contributed by atoms with Crippen molar-refractivity contribution in [3.63, 3.8) is 0 Å². The third-order valence-electron chi connectivity index (χ3n) is 1.69. The number of rotatable bonds is 1. The predicted molar refractivity (Wildman–Crippen MR) is 40.1 cm³/mol. The summed E-state index contributed by atoms with van der Waals surface area (Å²) in [6, 6.07) is 5.97. The van der Waals surface area contributed by atoms with Crippen molar-refractivity contribution in [3.05, 3.63) is 36.2 Å². The van der Waals surface area contributed by atoms with E-state index in [1.54, 1.807) is 0 Å². The summed E-state index contributed by atoms with van der Waals surface area (Å²) in [5.74, 6) is 0. The molecule has 2 rings (SSSR count). The molecule has 0 unspecified atom stereocenters. The molecule has 0 aromatic carbocycles. The van der Waals surface area contributed by atoms with Crippen LogP contribution in [0.1, 0.15) is 18.5 Å². The smallest absolute Gasteiger partial charge is 0.00535 e. The van der Waals surface area contributed by atoms with Gasteiger partial charge in [-0.1, -0.05) is 18.2 Å². The van der Waals surface area contributed by atoms with E-state index in [1.165, 1.54) is 5.57 Å². The average molecular weight is 322 g/mol. The third kappa shape index (κ3) is 1.76. The van der Waals surface area contributed by atoms with Crippen LogP contribution in [0.2, 0.25) is 0 Å². The molecule has 0 N–H and O–H groups in total. The van der Waals surface area contributed by atoms with Gasteiger partial charge >= 0.3 is 0 Å². The summed E-state index contributed by atoms with van der Waals surface area (Å²) >= 11 is 0. The Kier molecular flexibility index (Phi) is 2.98. The Bertz CT molecular complexity index is 254. The minimum atomic E-state index is 0. The van der Waals surface area contributed by atoms with Gasteiger partial charge in [-0.3, -0.25) is 6.08 Å². The molecule has 1 aromatic rings. The largest absolute Gasteiger partial charge is 0.351 e. The summed E-state index contributed by atoms with van der Waals surface area (Å²) in [5.41, 5.74) is 2.37. The fourth-order valence-corrected chi connectivity index (χ4v) is 1.01. The summed E-state index contributed by atoms with van der Waals surface area (Å²) in [5, 5.41) is 0. The zero-order valence-electron chi connectivity index (χ0n) is 6.00. The zero-order chi connectivity index (χ0) is 6.81. The van der Waals surface area contributed by atoms with Crippen molar-refractivity contribution in [1.82, 2.24) is 4.98 Å². The maximum absolute atomic E-state index is 4.20. The average Bonchev–Trinajstić information content (AvgIpc) is 1.86. The Balaban J connectivity index is 0.000000605. The molecule has 1 aromatic heterocycles. The first-order valence-corrected chi connectivity index (χ1v) is 3.48. The first-order valence-electron chi connectivity index (χ1n) is 3.48. The van der Waals surface area contributed by atoms with Gasteiger partial charge < -0.3 is 4.98 Å². The molecule has 1 heterocycles. The summed E-state index contributed by atoms with van der Waals surface area (Å²) in [6.07, 6.45) is 7.29. The Morgan fingerprint density at radius 3 is 2.64 bits per heavy atom. The molecular weight excluding hydrogens is 314 g/mol. The van der Waals surface area contributed by atoms with E-state index in [0.717, 1.165) is 18.5 Å². The number of pyridine rings is 1. The van der Waals surface area contributed by atoms with Crippen LogP contribution in [0.3, 0.4) is 0 Å². The molecule has 1 aliphatic carbocycles. The van der Waals surface area contributed by atoms with E-state index in [0.29, 0.717) is 0 Å². The SMILES string of the molecule is [C-]1=C(c2ccccn2)CC1.[Ir]. The predicted octanol–water partition coefficient (Wildman–Crippen LogP) is 2.06. The van der Waals surface area contributed by atoms with E-state index in [4.69, 9.17) is 0 Å². The normalized spacial score (nSPS) is 14.4. The monoisotopic (exact) mass is 323 g/mol. The van der Waals surface area contributed by atoms with Crippen molar-refractivity contribution in [3.8, 4) is 0 Å². The molecule has 1 radical (unpaired) electrons. The maximum atomic E-state index is 4.20. The van der Waals surface area contributed by atoms with E-state index in [-0.39, 0.29) is 20.1 Å². The van der Waals surface area contributed by atoms with E-state index in [9.17, 15) is 0 Å². The standard InChI is InChI=1S/C9H8N.Ir/c1-2-7-10-9(6-1)8-4-3-5-8;/h1-2,6-7H,3-4H2;/q-1;. The molecular formula is C9H8IrN-. The van der Waals surface area contributed by atoms with Crippen LogP contribution in [0.5, 0.6) is 0 Å². The van der Waals surface area contributed by atoms with Gasteiger partial charge in [-0.15, -0.1) is 12.5 Å². The first kappa shape index (κ1) is 8.63. The Morgan fingerprint density at radius 1 is 1.36 bits per heavy atom. The van der Waals surface area contributed by atoms with Crippen LogP contribution in [-0.2, 0) is 20.1 Å². The number of hydrogen-bond donors (Lipinski definition) is 0. The van der Waals surface area contributed by atoms with Crippen LogP contribution >= 0.6 is 0 Å². The first-order chi connectivity index (χ1) is 4.97. The molecule has 1 aliphatic rings. The van der Waals surface area contributed by atoms with Crippen molar-refractivity contribution in [1.29, 1.82) is 0 Å². The van der Waals surface area contributed by atoms with Crippen molar-refractivity contribution < 1.29 is 20.1 Å². The quantitative estimate of drug-likeness (QED) is 0.721. The molecule has 59 valence electrons. The molecule has 11 heavy (non-hydrogen) atoms. The van der Waals surface area contributed by atoms with Crippen LogP contribution in [0, 0.1) is 6.08 Å². The van der Waals surface area contributed by atoms with Crippen LogP contribution in [0.4, 0.5) is 0 Å². The molecule has 0 saturated heterocycles. The molecule has 0 saturated carbocycles. The molecule has 0 spiro atoms. The molecule has 0 atom stereocenters. The topological polar surface area (TPSA) is 12.9 Å². The zero-order valence-corrected chi connectivity index (χ0v) is 8.40. The molecule has 0 aliphatic heterocycles. The maximum Gasteiger partial charge on any atom is 0.00535 e. The molecule has 0 fully saturated rings. The van der Waals surface area contributed by atoms with Gasteiger partial charge in [0.25, 0.3) is 0 Å². The van der Waals surface area contributed by atoms with Crippen LogP contribution in [0.15, 0.2) is 24.4 Å². The second kappa shape index (κ2) is 3.79. The second-order valence-electron chi connectivity index (χ2n) is 2.37. The van der Waals surface area contributed by atoms with Gasteiger partial charge in [0, 0.05) is 26.3 Å². The van der Waals surface area contributed by atoms with E-state index >= 15 is 0 Å². The van der Waals surface area contributed by atoms with Gasteiger partial charge in [-0.05, 0) is 6.07 Å². The van der Waals surface area contributed by atoms with Gasteiger partial charge in [0.15, 0.2) is 0 Å². The summed E-state index contributed by atoms with van der Waals surface area (Å²) in [4.78, 5) is 4.20. The van der Waals surface area contributed by atoms with E-state index in [1.807, 2.05) is 24.4 Å². The number of aromatic nitrogens is 1. The van der Waals surface area contributed by atoms with Crippen molar-refractivity contribution in [2.75, 3.05) is 0 Å². The van der Waals surface area contributed by atoms with Crippen molar-refractivity contribution in [2.45, 2.75) is 12.8 Å². The minimum Gasteiger partial charge on any atom is -0.351 e. The van der Waals surface area contributed by atoms with Crippen LogP contribution in [-0.4, -0.2) is 4.98 Å². The molecule has 1 nitrogen and oxygen atoms in total. The van der Waals surface area contributed by atoms with Crippen molar-refractivity contribution in [2.24, 2.45) is 0 Å². The molecule has 0 bridgehead atoms. The van der Waals surface area contributed by atoms with Gasteiger partial charge in [0.1, 0.15) is 0 Å². The Morgan fingerprint density at radius 2 is 2.18 bits per heavy atom. The number of nitrogens with zero attached hydrogens (tertiary/aromatic N) is 1. The molecule has 2 heteroatoms. The van der Waals surface area contributed by atoms with E-state index < -0.39 is 0 Å². The number of allylic oxidation sites excluding steroid dienone is 2. The van der Waals surface area contributed by atoms with Gasteiger partial charge in [0.2, 0.25) is 0 Å². The fraction of sp³-hybridized carbons (Fsp3) is 0.222. The van der Waals surface area contributed by atoms with Gasteiger partial charge in [-0.25, -0.2) is 0 Å². The Hall–Kier alpha value is -0.461. The third-order valence-corrected chi connectivity index (χ3v) is 1.69.